The summed E-state index contributed by atoms with van der Waals surface area (Å²) in [6.07, 6.45) is 1.60. The second kappa shape index (κ2) is 6.57. The van der Waals surface area contributed by atoms with Crippen LogP contribution >= 0.6 is 0 Å². The zero-order valence-electron chi connectivity index (χ0n) is 13.7. The Balaban J connectivity index is 1.71. The van der Waals surface area contributed by atoms with Gasteiger partial charge in [0.15, 0.2) is 0 Å². The first-order valence-electron chi connectivity index (χ1n) is 7.97. The normalized spacial score (nSPS) is 11.2. The van der Waals surface area contributed by atoms with Crippen LogP contribution in [0.3, 0.4) is 0 Å². The van der Waals surface area contributed by atoms with Crippen molar-refractivity contribution in [1.29, 1.82) is 0 Å². The first-order chi connectivity index (χ1) is 12.3. The molecular weight excluding hydrogens is 312 g/mol. The van der Waals surface area contributed by atoms with Crippen LogP contribution in [0.25, 0.3) is 22.2 Å². The quantitative estimate of drug-likeness (QED) is 0.438. The fraction of sp³-hybridized carbons (Fsp3) is 0.0500. The summed E-state index contributed by atoms with van der Waals surface area (Å²) >= 11 is 0. The Hall–Kier alpha value is -3.47. The Bertz CT molecular complexity index is 1040. The van der Waals surface area contributed by atoms with Gasteiger partial charge in [-0.2, -0.15) is 5.10 Å². The summed E-state index contributed by atoms with van der Waals surface area (Å²) in [7, 11) is 0. The zero-order valence-corrected chi connectivity index (χ0v) is 13.7. The molecule has 5 heteroatoms. The predicted octanol–water partition coefficient (Wildman–Crippen LogP) is 4.64. The molecule has 0 saturated heterocycles. The lowest BCUT2D eigenvalue weighted by Crippen LogP contribution is -1.99. The van der Waals surface area contributed by atoms with Gasteiger partial charge in [-0.1, -0.05) is 48.5 Å². The number of hydrogen-bond acceptors (Lipinski definition) is 5. The largest absolute Gasteiger partial charge is 0.460 e. The second-order valence-corrected chi connectivity index (χ2v) is 5.60. The van der Waals surface area contributed by atoms with Gasteiger partial charge in [0.05, 0.1) is 17.4 Å². The summed E-state index contributed by atoms with van der Waals surface area (Å²) < 4.78 is 5.45. The predicted molar refractivity (Wildman–Crippen MR) is 99.6 cm³/mol. The van der Waals surface area contributed by atoms with E-state index in [0.29, 0.717) is 11.7 Å². The molecule has 0 unspecified atom stereocenters. The van der Waals surface area contributed by atoms with Crippen molar-refractivity contribution in [2.75, 3.05) is 5.43 Å². The summed E-state index contributed by atoms with van der Waals surface area (Å²) in [5, 5.41) is 5.18. The van der Waals surface area contributed by atoms with E-state index in [4.69, 9.17) is 4.42 Å². The molecule has 0 aliphatic heterocycles. The number of furan rings is 1. The topological polar surface area (TPSA) is 63.3 Å². The van der Waals surface area contributed by atoms with E-state index in [-0.39, 0.29) is 0 Å². The molecule has 122 valence electrons. The number of hydrogen-bond donors (Lipinski definition) is 1. The van der Waals surface area contributed by atoms with Crippen LogP contribution in [-0.2, 0) is 0 Å². The van der Waals surface area contributed by atoms with Crippen molar-refractivity contribution in [3.05, 3.63) is 78.3 Å². The number of rotatable bonds is 4. The van der Waals surface area contributed by atoms with E-state index in [1.807, 2.05) is 73.7 Å². The van der Waals surface area contributed by atoms with Crippen LogP contribution in [0.5, 0.6) is 0 Å². The van der Waals surface area contributed by atoms with Crippen LogP contribution in [0, 0.1) is 6.92 Å². The van der Waals surface area contributed by atoms with E-state index >= 15 is 0 Å². The van der Waals surface area contributed by atoms with Crippen molar-refractivity contribution in [1.82, 2.24) is 9.97 Å². The molecule has 0 bridgehead atoms. The average Bonchev–Trinajstić information content (AvgIpc) is 3.07. The van der Waals surface area contributed by atoms with E-state index in [1.54, 1.807) is 6.21 Å². The molecule has 0 radical (unpaired) electrons. The fourth-order valence-corrected chi connectivity index (χ4v) is 2.62. The van der Waals surface area contributed by atoms with E-state index in [1.165, 1.54) is 0 Å². The van der Waals surface area contributed by atoms with Crippen LogP contribution in [-0.4, -0.2) is 16.2 Å². The third kappa shape index (κ3) is 3.26. The van der Waals surface area contributed by atoms with Crippen LogP contribution < -0.4 is 5.43 Å². The molecule has 0 atom stereocenters. The summed E-state index contributed by atoms with van der Waals surface area (Å²) in [5.74, 6) is 1.96. The fourth-order valence-electron chi connectivity index (χ4n) is 2.62. The number of hydrazone groups is 1. The highest BCUT2D eigenvalue weighted by Gasteiger charge is 2.09. The monoisotopic (exact) mass is 328 g/mol. The molecule has 2 heterocycles. The Labute approximate surface area is 145 Å². The van der Waals surface area contributed by atoms with Gasteiger partial charge in [-0.3, -0.25) is 0 Å². The van der Waals surface area contributed by atoms with Gasteiger partial charge in [0, 0.05) is 10.9 Å². The summed E-state index contributed by atoms with van der Waals surface area (Å²) in [4.78, 5) is 9.17. The number of aryl methyl sites for hydroxylation is 1. The number of fused-ring (bicyclic) bond motifs is 1. The molecule has 25 heavy (non-hydrogen) atoms. The molecule has 1 N–H and O–H groups in total. The van der Waals surface area contributed by atoms with Crippen LogP contribution in [0.4, 0.5) is 5.95 Å². The molecule has 4 aromatic rings. The van der Waals surface area contributed by atoms with Gasteiger partial charge in [0.1, 0.15) is 11.5 Å². The van der Waals surface area contributed by atoms with E-state index in [2.05, 4.69) is 20.5 Å². The van der Waals surface area contributed by atoms with Gasteiger partial charge in [-0.05, 0) is 25.1 Å². The van der Waals surface area contributed by atoms with E-state index in [9.17, 15) is 0 Å². The average molecular weight is 328 g/mol. The minimum absolute atomic E-state index is 0.442. The minimum atomic E-state index is 0.442. The van der Waals surface area contributed by atoms with Gasteiger partial charge in [-0.15, -0.1) is 0 Å². The summed E-state index contributed by atoms with van der Waals surface area (Å²) in [6, 6.07) is 21.7. The first-order valence-corrected chi connectivity index (χ1v) is 7.97. The standard InChI is InChI=1S/C20H16N4O/c1-14-11-12-16(25-14)13-21-24-20-22-18-10-6-5-9-17(18)19(23-20)15-7-3-2-4-8-15/h2-13H,1H3,(H,22,23,24)/b21-13+. The van der Waals surface area contributed by atoms with Crippen molar-refractivity contribution in [2.24, 2.45) is 5.10 Å². The van der Waals surface area contributed by atoms with Crippen molar-refractivity contribution >= 4 is 23.1 Å². The van der Waals surface area contributed by atoms with E-state index in [0.717, 1.165) is 27.9 Å². The first kappa shape index (κ1) is 15.1. The van der Waals surface area contributed by atoms with Gasteiger partial charge in [-0.25, -0.2) is 15.4 Å². The molecule has 2 aromatic carbocycles. The van der Waals surface area contributed by atoms with Crippen molar-refractivity contribution < 1.29 is 4.42 Å². The molecular formula is C20H16N4O. The van der Waals surface area contributed by atoms with Crippen LogP contribution in [0.1, 0.15) is 11.5 Å². The lowest BCUT2D eigenvalue weighted by Gasteiger charge is -2.08. The number of para-hydroxylation sites is 1. The van der Waals surface area contributed by atoms with Crippen molar-refractivity contribution in [2.45, 2.75) is 6.92 Å². The molecule has 0 amide bonds. The maximum Gasteiger partial charge on any atom is 0.244 e. The third-order valence-corrected chi connectivity index (χ3v) is 3.77. The van der Waals surface area contributed by atoms with E-state index < -0.39 is 0 Å². The number of nitrogens with zero attached hydrogens (tertiary/aromatic N) is 3. The smallest absolute Gasteiger partial charge is 0.244 e. The summed E-state index contributed by atoms with van der Waals surface area (Å²) in [6.45, 7) is 1.89. The second-order valence-electron chi connectivity index (χ2n) is 5.60. The number of benzene rings is 2. The maximum absolute atomic E-state index is 5.45. The molecule has 0 aliphatic rings. The van der Waals surface area contributed by atoms with Crippen molar-refractivity contribution in [3.8, 4) is 11.3 Å². The number of aromatic nitrogens is 2. The zero-order chi connectivity index (χ0) is 17.1. The lowest BCUT2D eigenvalue weighted by molar-refractivity contribution is 0.528. The molecule has 4 rings (SSSR count). The van der Waals surface area contributed by atoms with Gasteiger partial charge in [0.25, 0.3) is 0 Å². The lowest BCUT2D eigenvalue weighted by atomic mass is 10.1. The Morgan fingerprint density at radius 2 is 1.72 bits per heavy atom. The highest BCUT2D eigenvalue weighted by atomic mass is 16.3. The molecule has 0 saturated carbocycles. The maximum atomic E-state index is 5.45. The molecule has 2 aromatic heterocycles. The Morgan fingerprint density at radius 3 is 2.52 bits per heavy atom. The Kier molecular flexibility index (Phi) is 3.96. The number of nitrogens with one attached hydrogen (secondary N) is 1. The third-order valence-electron chi connectivity index (χ3n) is 3.77. The minimum Gasteiger partial charge on any atom is -0.460 e. The number of anilines is 1. The molecule has 0 fully saturated rings. The van der Waals surface area contributed by atoms with Gasteiger partial charge < -0.3 is 4.42 Å². The van der Waals surface area contributed by atoms with Gasteiger partial charge >= 0.3 is 0 Å². The highest BCUT2D eigenvalue weighted by molar-refractivity contribution is 5.93. The molecule has 0 aliphatic carbocycles. The van der Waals surface area contributed by atoms with Crippen LogP contribution in [0.15, 0.2) is 76.2 Å². The summed E-state index contributed by atoms with van der Waals surface area (Å²) in [5.41, 5.74) is 5.67. The highest BCUT2D eigenvalue weighted by Crippen LogP contribution is 2.26. The van der Waals surface area contributed by atoms with Gasteiger partial charge in [0.2, 0.25) is 5.95 Å². The molecule has 5 nitrogen and oxygen atoms in total. The van der Waals surface area contributed by atoms with Crippen molar-refractivity contribution in [3.63, 3.8) is 0 Å². The van der Waals surface area contributed by atoms with Crippen LogP contribution in [0.2, 0.25) is 0 Å². The SMILES string of the molecule is Cc1ccc(/C=N/Nc2nc(-c3ccccc3)c3ccccc3n2)o1. The molecule has 0 spiro atoms. The Morgan fingerprint density at radius 1 is 0.920 bits per heavy atom.